The Kier molecular flexibility index (Phi) is 4.56. The van der Waals surface area contributed by atoms with E-state index in [0.29, 0.717) is 30.2 Å². The molecular formula is C13H23N3OS. The molecule has 18 heavy (non-hydrogen) atoms. The molecule has 0 bridgehead atoms. The van der Waals surface area contributed by atoms with Gasteiger partial charge in [0.15, 0.2) is 0 Å². The largest absolute Gasteiger partial charge is 0.392 e. The van der Waals surface area contributed by atoms with Crippen LogP contribution in [0.3, 0.4) is 0 Å². The van der Waals surface area contributed by atoms with Crippen molar-refractivity contribution in [1.82, 2.24) is 9.80 Å². The van der Waals surface area contributed by atoms with Crippen molar-refractivity contribution in [3.05, 3.63) is 0 Å². The average Bonchev–Trinajstić information content (AvgIpc) is 3.01. The molecule has 0 spiro atoms. The summed E-state index contributed by atoms with van der Waals surface area (Å²) in [4.78, 5) is 16.7. The van der Waals surface area contributed by atoms with Crippen molar-refractivity contribution in [2.24, 2.45) is 5.73 Å². The van der Waals surface area contributed by atoms with Crippen molar-refractivity contribution < 1.29 is 4.79 Å². The molecule has 0 atom stereocenters. The highest BCUT2D eigenvalue weighted by molar-refractivity contribution is 7.80. The van der Waals surface area contributed by atoms with Crippen molar-refractivity contribution in [3.8, 4) is 0 Å². The van der Waals surface area contributed by atoms with Gasteiger partial charge < -0.3 is 10.6 Å². The van der Waals surface area contributed by atoms with Gasteiger partial charge in [-0.3, -0.25) is 9.69 Å². The molecule has 5 heteroatoms. The lowest BCUT2D eigenvalue weighted by Gasteiger charge is -2.29. The molecule has 2 aliphatic rings. The van der Waals surface area contributed by atoms with E-state index in [1.165, 1.54) is 25.7 Å². The highest BCUT2D eigenvalue weighted by Crippen LogP contribution is 2.27. The number of nitrogens with zero attached hydrogens (tertiary/aromatic N) is 2. The van der Waals surface area contributed by atoms with E-state index in [4.69, 9.17) is 18.0 Å². The molecule has 102 valence electrons. The molecule has 1 amide bonds. The summed E-state index contributed by atoms with van der Waals surface area (Å²) >= 11 is 5.00. The fourth-order valence-corrected chi connectivity index (χ4v) is 2.90. The van der Waals surface area contributed by atoms with Crippen LogP contribution in [0.25, 0.3) is 0 Å². The molecule has 2 N–H and O–H groups in total. The number of likely N-dealkylation sites (N-methyl/N-ethyl adjacent to an activating group) is 1. The van der Waals surface area contributed by atoms with Crippen LogP contribution in [0.2, 0.25) is 0 Å². The number of hydrogen-bond acceptors (Lipinski definition) is 3. The van der Waals surface area contributed by atoms with Crippen molar-refractivity contribution in [2.75, 3.05) is 20.1 Å². The van der Waals surface area contributed by atoms with Gasteiger partial charge in [0.1, 0.15) is 0 Å². The summed E-state index contributed by atoms with van der Waals surface area (Å²) in [6.45, 7) is 1.04. The number of thiocarbonyl (C=S) groups is 1. The quantitative estimate of drug-likeness (QED) is 0.735. The molecule has 2 fully saturated rings. The number of rotatable bonds is 6. The third kappa shape index (κ3) is 3.65. The van der Waals surface area contributed by atoms with Crippen LogP contribution >= 0.6 is 12.2 Å². The number of carbonyl (C=O) groups is 1. The lowest BCUT2D eigenvalue weighted by molar-refractivity contribution is -0.131. The van der Waals surface area contributed by atoms with Crippen molar-refractivity contribution in [2.45, 2.75) is 50.6 Å². The number of hydrogen-bond donors (Lipinski definition) is 1. The Bertz CT molecular complexity index is 324. The first kappa shape index (κ1) is 13.7. The van der Waals surface area contributed by atoms with Crippen molar-refractivity contribution in [1.29, 1.82) is 0 Å². The zero-order chi connectivity index (χ0) is 13.1. The van der Waals surface area contributed by atoms with Crippen molar-refractivity contribution >= 4 is 23.1 Å². The van der Waals surface area contributed by atoms with Crippen LogP contribution in [0.5, 0.6) is 0 Å². The molecule has 2 saturated carbocycles. The van der Waals surface area contributed by atoms with Crippen LogP contribution < -0.4 is 5.73 Å². The van der Waals surface area contributed by atoms with Gasteiger partial charge in [0.25, 0.3) is 0 Å². The predicted molar refractivity (Wildman–Crippen MR) is 76.4 cm³/mol. The second kappa shape index (κ2) is 5.97. The molecule has 0 aromatic carbocycles. The van der Waals surface area contributed by atoms with E-state index in [0.717, 1.165) is 12.8 Å². The first-order chi connectivity index (χ1) is 8.58. The molecule has 2 rings (SSSR count). The zero-order valence-corrected chi connectivity index (χ0v) is 11.9. The second-order valence-electron chi connectivity index (χ2n) is 5.55. The molecule has 0 aliphatic heterocycles. The smallest absolute Gasteiger partial charge is 0.236 e. The Labute approximate surface area is 114 Å². The van der Waals surface area contributed by atoms with Gasteiger partial charge in [-0.25, -0.2) is 0 Å². The van der Waals surface area contributed by atoms with Crippen LogP contribution in [0.4, 0.5) is 0 Å². The third-order valence-corrected chi connectivity index (χ3v) is 4.16. The summed E-state index contributed by atoms with van der Waals surface area (Å²) in [5.74, 6) is 0.209. The number of nitrogens with two attached hydrogens (primary N) is 1. The summed E-state index contributed by atoms with van der Waals surface area (Å²) in [6.07, 6.45) is 7.16. The maximum absolute atomic E-state index is 12.2. The van der Waals surface area contributed by atoms with Gasteiger partial charge in [-0.05, 0) is 25.7 Å². The normalized spacial score (nSPS) is 20.3. The summed E-state index contributed by atoms with van der Waals surface area (Å²) in [5, 5.41) is 0. The lowest BCUT2D eigenvalue weighted by atomic mass is 10.2. The molecule has 0 saturated heterocycles. The second-order valence-corrected chi connectivity index (χ2v) is 6.07. The highest BCUT2D eigenvalue weighted by atomic mass is 32.1. The van der Waals surface area contributed by atoms with Crippen LogP contribution in [0, 0.1) is 0 Å². The van der Waals surface area contributed by atoms with Gasteiger partial charge in [-0.1, -0.05) is 25.1 Å². The van der Waals surface area contributed by atoms with Crippen LogP contribution in [-0.4, -0.2) is 52.9 Å². The van der Waals surface area contributed by atoms with Crippen LogP contribution in [-0.2, 0) is 4.79 Å². The number of carbonyl (C=O) groups excluding carboxylic acids is 1. The zero-order valence-electron chi connectivity index (χ0n) is 11.1. The molecular weight excluding hydrogens is 246 g/mol. The lowest BCUT2D eigenvalue weighted by Crippen LogP contribution is -2.46. The van der Waals surface area contributed by atoms with Gasteiger partial charge in [0.2, 0.25) is 5.91 Å². The minimum Gasteiger partial charge on any atom is -0.392 e. The van der Waals surface area contributed by atoms with E-state index in [-0.39, 0.29) is 5.91 Å². The van der Waals surface area contributed by atoms with E-state index in [1.54, 1.807) is 0 Å². The fourth-order valence-electron chi connectivity index (χ4n) is 2.73. The van der Waals surface area contributed by atoms with Crippen molar-refractivity contribution in [3.63, 3.8) is 0 Å². The Hall–Kier alpha value is -0.680. The fraction of sp³-hybridized carbons (Fsp3) is 0.846. The molecule has 2 aliphatic carbocycles. The van der Waals surface area contributed by atoms with Gasteiger partial charge in [0.05, 0.1) is 11.5 Å². The van der Waals surface area contributed by atoms with E-state index in [1.807, 2.05) is 11.9 Å². The Morgan fingerprint density at radius 3 is 2.28 bits per heavy atom. The predicted octanol–water partition coefficient (Wildman–Crippen LogP) is 1.14. The van der Waals surface area contributed by atoms with Crippen LogP contribution in [0.1, 0.15) is 38.5 Å². The SMILES string of the molecule is CN(C(=O)CN(CC(N)=S)C1CCCC1)C1CC1. The Balaban J connectivity index is 1.90. The summed E-state index contributed by atoms with van der Waals surface area (Å²) < 4.78 is 0. The topological polar surface area (TPSA) is 49.6 Å². The first-order valence-corrected chi connectivity index (χ1v) is 7.26. The minimum atomic E-state index is 0.209. The summed E-state index contributed by atoms with van der Waals surface area (Å²) in [6, 6.07) is 0.968. The van der Waals surface area contributed by atoms with Gasteiger partial charge in [-0.2, -0.15) is 0 Å². The average molecular weight is 269 g/mol. The van der Waals surface area contributed by atoms with E-state index < -0.39 is 0 Å². The molecule has 0 aromatic rings. The van der Waals surface area contributed by atoms with E-state index in [9.17, 15) is 4.79 Å². The van der Waals surface area contributed by atoms with E-state index in [2.05, 4.69) is 4.90 Å². The molecule has 0 aromatic heterocycles. The molecule has 0 radical (unpaired) electrons. The van der Waals surface area contributed by atoms with E-state index >= 15 is 0 Å². The maximum Gasteiger partial charge on any atom is 0.236 e. The summed E-state index contributed by atoms with van der Waals surface area (Å²) in [5.41, 5.74) is 5.65. The number of amides is 1. The van der Waals surface area contributed by atoms with Gasteiger partial charge in [0, 0.05) is 25.7 Å². The first-order valence-electron chi connectivity index (χ1n) is 6.86. The minimum absolute atomic E-state index is 0.209. The monoisotopic (exact) mass is 269 g/mol. The highest BCUT2D eigenvalue weighted by Gasteiger charge is 2.32. The maximum atomic E-state index is 12.2. The van der Waals surface area contributed by atoms with Gasteiger partial charge >= 0.3 is 0 Å². The third-order valence-electron chi connectivity index (χ3n) is 4.03. The van der Waals surface area contributed by atoms with Gasteiger partial charge in [-0.15, -0.1) is 0 Å². The molecule has 0 heterocycles. The van der Waals surface area contributed by atoms with Crippen LogP contribution in [0.15, 0.2) is 0 Å². The molecule has 0 unspecified atom stereocenters. The summed E-state index contributed by atoms with van der Waals surface area (Å²) in [7, 11) is 1.91. The standard InChI is InChI=1S/C13H23N3OS/c1-15(10-6-7-10)13(17)9-16(8-12(14)18)11-4-2-3-5-11/h10-11H,2-9H2,1H3,(H2,14,18). The Morgan fingerprint density at radius 2 is 1.78 bits per heavy atom. The Morgan fingerprint density at radius 1 is 1.17 bits per heavy atom. The molecule has 4 nitrogen and oxygen atoms in total.